The summed E-state index contributed by atoms with van der Waals surface area (Å²) in [6.07, 6.45) is 1.11. The van der Waals surface area contributed by atoms with E-state index in [4.69, 9.17) is 9.47 Å². The van der Waals surface area contributed by atoms with E-state index in [9.17, 15) is 15.0 Å². The zero-order chi connectivity index (χ0) is 25.9. The number of aliphatic hydroxyl groups is 2. The van der Waals surface area contributed by atoms with Gasteiger partial charge in [0.15, 0.2) is 35.1 Å². The standard InChI is InChI=1S/C24H26N8O5/c1-3-26-23(35)19-17(33)18(34)24(37-19)32-12-29-16-21(28-10-14-6-4-5-7-27-14)30-20(31-22(16)32)13-8-15(36-2)11-25-9-13/h4-9,11-12,17-19,24,33-34H,3,10H2,1-2H3,(H,26,35)(H,28,30,31)/t17-,18+,19-,24+/m0/s1. The van der Waals surface area contributed by atoms with Crippen molar-refractivity contribution in [3.05, 3.63) is 54.9 Å². The zero-order valence-corrected chi connectivity index (χ0v) is 20.1. The monoisotopic (exact) mass is 506 g/mol. The van der Waals surface area contributed by atoms with Gasteiger partial charge in [-0.3, -0.25) is 19.3 Å². The van der Waals surface area contributed by atoms with Crippen LogP contribution < -0.4 is 15.4 Å². The summed E-state index contributed by atoms with van der Waals surface area (Å²) in [4.78, 5) is 34.7. The fraction of sp³-hybridized carbons (Fsp3) is 0.333. The Kier molecular flexibility index (Phi) is 6.90. The lowest BCUT2D eigenvalue weighted by Gasteiger charge is -2.17. The number of nitrogens with one attached hydrogen (secondary N) is 2. The first-order valence-electron chi connectivity index (χ1n) is 11.7. The molecule has 0 aliphatic carbocycles. The molecule has 5 heterocycles. The molecule has 0 unspecified atom stereocenters. The van der Waals surface area contributed by atoms with Gasteiger partial charge in [-0.2, -0.15) is 0 Å². The Bertz CT molecular complexity index is 1400. The van der Waals surface area contributed by atoms with Crippen LogP contribution in [0.4, 0.5) is 5.82 Å². The number of aliphatic hydroxyl groups excluding tert-OH is 2. The van der Waals surface area contributed by atoms with Crippen LogP contribution in [0.1, 0.15) is 18.8 Å². The number of rotatable bonds is 8. The lowest BCUT2D eigenvalue weighted by atomic mass is 10.1. The molecule has 0 spiro atoms. The third-order valence-corrected chi connectivity index (χ3v) is 5.91. The van der Waals surface area contributed by atoms with E-state index in [1.54, 1.807) is 31.6 Å². The summed E-state index contributed by atoms with van der Waals surface area (Å²) in [5.74, 6) is 0.745. The van der Waals surface area contributed by atoms with Gasteiger partial charge >= 0.3 is 0 Å². The number of carbonyl (C=O) groups excluding carboxylic acids is 1. The number of imidazole rings is 1. The number of likely N-dealkylation sites (N-methyl/N-ethyl adjacent to an activating group) is 1. The van der Waals surface area contributed by atoms with Crippen molar-refractivity contribution >= 4 is 22.9 Å². The maximum Gasteiger partial charge on any atom is 0.252 e. The summed E-state index contributed by atoms with van der Waals surface area (Å²) >= 11 is 0. The highest BCUT2D eigenvalue weighted by atomic mass is 16.6. The van der Waals surface area contributed by atoms with Gasteiger partial charge in [-0.15, -0.1) is 0 Å². The number of fused-ring (bicyclic) bond motifs is 1. The van der Waals surface area contributed by atoms with Crippen molar-refractivity contribution in [2.45, 2.75) is 38.0 Å². The molecule has 1 saturated heterocycles. The van der Waals surface area contributed by atoms with Crippen LogP contribution in [0.5, 0.6) is 5.75 Å². The van der Waals surface area contributed by atoms with Gasteiger partial charge in [-0.1, -0.05) is 6.07 Å². The quantitative estimate of drug-likeness (QED) is 0.265. The minimum atomic E-state index is -1.43. The maximum atomic E-state index is 12.4. The van der Waals surface area contributed by atoms with E-state index in [2.05, 4.69) is 35.6 Å². The summed E-state index contributed by atoms with van der Waals surface area (Å²) < 4.78 is 12.6. The van der Waals surface area contributed by atoms with E-state index < -0.39 is 30.4 Å². The van der Waals surface area contributed by atoms with Crippen LogP contribution in [0.2, 0.25) is 0 Å². The Morgan fingerprint density at radius 3 is 2.81 bits per heavy atom. The molecule has 4 aromatic heterocycles. The van der Waals surface area contributed by atoms with Crippen molar-refractivity contribution in [1.29, 1.82) is 0 Å². The number of pyridine rings is 2. The number of hydrogen-bond acceptors (Lipinski definition) is 11. The summed E-state index contributed by atoms with van der Waals surface area (Å²) in [5, 5.41) is 27.1. The summed E-state index contributed by atoms with van der Waals surface area (Å²) in [6.45, 7) is 2.48. The second-order valence-corrected chi connectivity index (χ2v) is 8.33. The first kappa shape index (κ1) is 24.5. The van der Waals surface area contributed by atoms with Gasteiger partial charge in [0.1, 0.15) is 18.0 Å². The second kappa shape index (κ2) is 10.4. The number of anilines is 1. The van der Waals surface area contributed by atoms with Gasteiger partial charge in [-0.25, -0.2) is 15.0 Å². The first-order chi connectivity index (χ1) is 18.0. The van der Waals surface area contributed by atoms with Crippen LogP contribution >= 0.6 is 0 Å². The molecule has 0 saturated carbocycles. The lowest BCUT2D eigenvalue weighted by molar-refractivity contribution is -0.137. The zero-order valence-electron chi connectivity index (χ0n) is 20.1. The van der Waals surface area contributed by atoms with E-state index in [0.29, 0.717) is 47.2 Å². The molecule has 0 aromatic carbocycles. The van der Waals surface area contributed by atoms with Gasteiger partial charge in [0.05, 0.1) is 31.9 Å². The number of hydrogen-bond donors (Lipinski definition) is 4. The number of carbonyl (C=O) groups is 1. The highest BCUT2D eigenvalue weighted by molar-refractivity contribution is 5.85. The van der Waals surface area contributed by atoms with Crippen molar-refractivity contribution in [2.75, 3.05) is 19.0 Å². The Balaban J connectivity index is 1.57. The second-order valence-electron chi connectivity index (χ2n) is 8.33. The molecule has 0 radical (unpaired) electrons. The Morgan fingerprint density at radius 1 is 1.19 bits per heavy atom. The molecule has 4 aromatic rings. The van der Waals surface area contributed by atoms with Gasteiger partial charge in [0.2, 0.25) is 0 Å². The Morgan fingerprint density at radius 2 is 2.05 bits per heavy atom. The molecule has 37 heavy (non-hydrogen) atoms. The Hall–Kier alpha value is -4.20. The molecule has 5 rings (SSSR count). The minimum Gasteiger partial charge on any atom is -0.495 e. The van der Waals surface area contributed by atoms with Crippen molar-refractivity contribution in [1.82, 2.24) is 34.8 Å². The molecule has 1 aliphatic rings. The number of aromatic nitrogens is 6. The first-order valence-corrected chi connectivity index (χ1v) is 11.7. The van der Waals surface area contributed by atoms with Crippen LogP contribution in [-0.2, 0) is 16.1 Å². The molecule has 0 bridgehead atoms. The third-order valence-electron chi connectivity index (χ3n) is 5.91. The third kappa shape index (κ3) is 4.79. The largest absolute Gasteiger partial charge is 0.495 e. The van der Waals surface area contributed by atoms with E-state index in [1.807, 2.05) is 18.2 Å². The predicted molar refractivity (Wildman–Crippen MR) is 131 cm³/mol. The SMILES string of the molecule is CCNC(=O)[C@H]1O[C@@H](n2cnc3c(NCc4ccccn4)nc(-c4cncc(OC)c4)nc32)[C@H](O)[C@@H]1O. The number of methoxy groups -OCH3 is 1. The smallest absolute Gasteiger partial charge is 0.252 e. The van der Waals surface area contributed by atoms with Gasteiger partial charge in [-0.05, 0) is 25.1 Å². The molecular weight excluding hydrogens is 480 g/mol. The molecule has 1 aliphatic heterocycles. The topological polar surface area (TPSA) is 169 Å². The maximum absolute atomic E-state index is 12.4. The number of ether oxygens (including phenoxy) is 2. The molecule has 192 valence electrons. The van der Waals surface area contributed by atoms with Crippen LogP contribution in [-0.4, -0.2) is 77.6 Å². The summed E-state index contributed by atoms with van der Waals surface area (Å²) in [7, 11) is 1.54. The fourth-order valence-electron chi connectivity index (χ4n) is 4.07. The van der Waals surface area contributed by atoms with E-state index in [1.165, 1.54) is 18.0 Å². The molecular formula is C24H26N8O5. The van der Waals surface area contributed by atoms with E-state index >= 15 is 0 Å². The lowest BCUT2D eigenvalue weighted by Crippen LogP contribution is -2.42. The Labute approximate surface area is 211 Å². The molecule has 1 fully saturated rings. The molecule has 13 nitrogen and oxygen atoms in total. The van der Waals surface area contributed by atoms with Crippen LogP contribution in [0.25, 0.3) is 22.6 Å². The molecule has 4 atom stereocenters. The van der Waals surface area contributed by atoms with Crippen LogP contribution in [0.3, 0.4) is 0 Å². The molecule has 4 N–H and O–H groups in total. The van der Waals surface area contributed by atoms with Crippen LogP contribution in [0.15, 0.2) is 49.2 Å². The van der Waals surface area contributed by atoms with E-state index in [0.717, 1.165) is 5.69 Å². The van der Waals surface area contributed by atoms with Crippen molar-refractivity contribution in [3.63, 3.8) is 0 Å². The number of amides is 1. The average Bonchev–Trinajstić information content (AvgIpc) is 3.48. The highest BCUT2D eigenvalue weighted by Crippen LogP contribution is 2.34. The number of nitrogens with zero attached hydrogens (tertiary/aromatic N) is 6. The van der Waals surface area contributed by atoms with Gasteiger partial charge < -0.3 is 30.3 Å². The highest BCUT2D eigenvalue weighted by Gasteiger charge is 2.47. The molecule has 1 amide bonds. The minimum absolute atomic E-state index is 0.317. The summed E-state index contributed by atoms with van der Waals surface area (Å²) in [5.41, 5.74) is 2.11. The van der Waals surface area contributed by atoms with Crippen LogP contribution in [0, 0.1) is 0 Å². The van der Waals surface area contributed by atoms with E-state index in [-0.39, 0.29) is 0 Å². The predicted octanol–water partition coefficient (Wildman–Crippen LogP) is 0.659. The molecule has 13 heteroatoms. The normalized spacial score (nSPS) is 21.2. The van der Waals surface area contributed by atoms with Crippen molar-refractivity contribution < 1.29 is 24.5 Å². The summed E-state index contributed by atoms with van der Waals surface area (Å²) in [6, 6.07) is 7.34. The van der Waals surface area contributed by atoms with Gasteiger partial charge in [0, 0.05) is 24.5 Å². The fourth-order valence-corrected chi connectivity index (χ4v) is 4.07. The van der Waals surface area contributed by atoms with Crippen molar-refractivity contribution in [3.8, 4) is 17.1 Å². The van der Waals surface area contributed by atoms with Crippen molar-refractivity contribution in [2.24, 2.45) is 0 Å². The van der Waals surface area contributed by atoms with Gasteiger partial charge in [0.25, 0.3) is 5.91 Å². The average molecular weight is 507 g/mol.